The van der Waals surface area contributed by atoms with Crippen molar-refractivity contribution in [3.8, 4) is 5.75 Å². The Kier molecular flexibility index (Phi) is 3.31. The summed E-state index contributed by atoms with van der Waals surface area (Å²) in [6, 6.07) is 7.08. The van der Waals surface area contributed by atoms with Crippen molar-refractivity contribution in [1.29, 1.82) is 0 Å². The van der Waals surface area contributed by atoms with Crippen molar-refractivity contribution < 1.29 is 9.90 Å². The molecule has 0 saturated heterocycles. The topological polar surface area (TPSA) is 75.1 Å². The molecule has 21 heavy (non-hydrogen) atoms. The molecular weight excluding hydrogens is 286 g/mol. The second kappa shape index (κ2) is 5.14. The van der Waals surface area contributed by atoms with Crippen LogP contribution in [0.1, 0.15) is 21.6 Å². The lowest BCUT2D eigenvalue weighted by atomic mass is 10.1. The quantitative estimate of drug-likeness (QED) is 0.761. The fourth-order valence-corrected chi connectivity index (χ4v) is 3.19. The van der Waals surface area contributed by atoms with Crippen LogP contribution in [0.5, 0.6) is 5.75 Å². The zero-order chi connectivity index (χ0) is 15.0. The predicted molar refractivity (Wildman–Crippen MR) is 82.9 cm³/mol. The summed E-state index contributed by atoms with van der Waals surface area (Å²) < 4.78 is 1.02. The molecule has 6 heteroatoms. The summed E-state index contributed by atoms with van der Waals surface area (Å²) in [5, 5.41) is 12.8. The Bertz CT molecular complexity index is 842. The number of hydrogen-bond acceptors (Lipinski definition) is 5. The van der Waals surface area contributed by atoms with Crippen LogP contribution in [0.4, 0.5) is 5.13 Å². The Morgan fingerprint density at radius 1 is 1.33 bits per heavy atom. The van der Waals surface area contributed by atoms with Gasteiger partial charge in [0, 0.05) is 6.20 Å². The maximum atomic E-state index is 12.1. The number of benzene rings is 1. The third-order valence-electron chi connectivity index (χ3n) is 3.05. The van der Waals surface area contributed by atoms with Gasteiger partial charge >= 0.3 is 0 Å². The summed E-state index contributed by atoms with van der Waals surface area (Å²) in [7, 11) is 0. The van der Waals surface area contributed by atoms with Gasteiger partial charge in [-0.15, -0.1) is 0 Å². The molecule has 0 atom stereocenters. The van der Waals surface area contributed by atoms with E-state index in [1.807, 2.05) is 19.9 Å². The van der Waals surface area contributed by atoms with E-state index in [0.717, 1.165) is 21.3 Å². The smallest absolute Gasteiger partial charge is 0.279 e. The minimum atomic E-state index is -0.471. The normalized spacial score (nSPS) is 10.8. The Morgan fingerprint density at radius 3 is 2.90 bits per heavy atom. The van der Waals surface area contributed by atoms with Crippen molar-refractivity contribution in [3.05, 3.63) is 47.3 Å². The Balaban J connectivity index is 1.94. The fraction of sp³-hybridized carbons (Fsp3) is 0.133. The minimum absolute atomic E-state index is 0.00958. The lowest BCUT2D eigenvalue weighted by Crippen LogP contribution is -2.13. The average molecular weight is 299 g/mol. The second-order valence-corrected chi connectivity index (χ2v) is 5.80. The molecule has 0 radical (unpaired) electrons. The highest BCUT2D eigenvalue weighted by molar-refractivity contribution is 7.22. The molecule has 0 fully saturated rings. The van der Waals surface area contributed by atoms with E-state index in [1.54, 1.807) is 6.07 Å². The van der Waals surface area contributed by atoms with Crippen LogP contribution in [-0.2, 0) is 0 Å². The molecule has 0 aliphatic heterocycles. The van der Waals surface area contributed by atoms with E-state index in [2.05, 4.69) is 21.4 Å². The van der Waals surface area contributed by atoms with Crippen LogP contribution in [0.25, 0.3) is 10.2 Å². The first-order valence-electron chi connectivity index (χ1n) is 6.38. The largest absolute Gasteiger partial charge is 0.505 e. The number of fused-ring (bicyclic) bond motifs is 1. The van der Waals surface area contributed by atoms with Crippen LogP contribution in [-0.4, -0.2) is 21.0 Å². The Labute approximate surface area is 125 Å². The monoisotopic (exact) mass is 299 g/mol. The Morgan fingerprint density at radius 2 is 2.14 bits per heavy atom. The molecule has 0 aliphatic carbocycles. The number of carbonyl (C=O) groups excluding carboxylic acids is 1. The highest BCUT2D eigenvalue weighted by Gasteiger charge is 2.15. The maximum Gasteiger partial charge on any atom is 0.279 e. The van der Waals surface area contributed by atoms with Crippen molar-refractivity contribution in [2.24, 2.45) is 0 Å². The van der Waals surface area contributed by atoms with Gasteiger partial charge in [0.2, 0.25) is 0 Å². The summed E-state index contributed by atoms with van der Waals surface area (Å²) in [5.41, 5.74) is 3.10. The zero-order valence-corrected chi connectivity index (χ0v) is 12.4. The van der Waals surface area contributed by atoms with Crippen molar-refractivity contribution >= 4 is 32.6 Å². The number of rotatable bonds is 2. The summed E-state index contributed by atoms with van der Waals surface area (Å²) in [4.78, 5) is 20.4. The van der Waals surface area contributed by atoms with Crippen LogP contribution < -0.4 is 5.32 Å². The Hall–Kier alpha value is -2.47. The van der Waals surface area contributed by atoms with Crippen LogP contribution in [0.3, 0.4) is 0 Å². The summed E-state index contributed by atoms with van der Waals surface area (Å²) in [6.07, 6.45) is 1.46. The highest BCUT2D eigenvalue weighted by atomic mass is 32.1. The number of aromatic hydroxyl groups is 1. The van der Waals surface area contributed by atoms with Crippen LogP contribution >= 0.6 is 11.3 Å². The first-order chi connectivity index (χ1) is 10.0. The van der Waals surface area contributed by atoms with E-state index in [4.69, 9.17) is 0 Å². The van der Waals surface area contributed by atoms with Gasteiger partial charge in [-0.2, -0.15) is 0 Å². The standard InChI is InChI=1S/C15H13N3O2S/c1-8-6-9(2)12-11(7-8)21-15(17-12)18-14(20)13-10(19)4-3-5-16-13/h3-7,19H,1-2H3,(H,17,18,20). The number of aryl methyl sites for hydroxylation is 2. The molecule has 0 bridgehead atoms. The molecule has 0 unspecified atom stereocenters. The first-order valence-corrected chi connectivity index (χ1v) is 7.19. The van der Waals surface area contributed by atoms with Crippen molar-refractivity contribution in [2.45, 2.75) is 13.8 Å². The van der Waals surface area contributed by atoms with Gasteiger partial charge in [0.1, 0.15) is 5.75 Å². The fourth-order valence-electron chi connectivity index (χ4n) is 2.15. The predicted octanol–water partition coefficient (Wildman–Crippen LogP) is 3.27. The third kappa shape index (κ3) is 2.57. The molecule has 1 aromatic carbocycles. The molecule has 0 saturated carbocycles. The van der Waals surface area contributed by atoms with E-state index < -0.39 is 5.91 Å². The molecule has 2 N–H and O–H groups in total. The molecule has 3 aromatic rings. The third-order valence-corrected chi connectivity index (χ3v) is 3.97. The maximum absolute atomic E-state index is 12.1. The molecule has 0 aliphatic rings. The number of hydrogen-bond donors (Lipinski definition) is 2. The first kappa shape index (κ1) is 13.5. The second-order valence-electron chi connectivity index (χ2n) is 4.77. The van der Waals surface area contributed by atoms with Crippen molar-refractivity contribution in [3.63, 3.8) is 0 Å². The molecule has 2 heterocycles. The molecule has 0 spiro atoms. The lowest BCUT2D eigenvalue weighted by molar-refractivity contribution is 0.101. The van der Waals surface area contributed by atoms with Gasteiger partial charge in [0.15, 0.2) is 10.8 Å². The minimum Gasteiger partial charge on any atom is -0.505 e. The van der Waals surface area contributed by atoms with Gasteiger partial charge in [-0.3, -0.25) is 10.1 Å². The van der Waals surface area contributed by atoms with E-state index in [1.165, 1.54) is 23.6 Å². The molecule has 1 amide bonds. The van der Waals surface area contributed by atoms with E-state index in [9.17, 15) is 9.90 Å². The van der Waals surface area contributed by atoms with Gasteiger partial charge in [-0.1, -0.05) is 17.4 Å². The van der Waals surface area contributed by atoms with E-state index in [0.29, 0.717) is 5.13 Å². The van der Waals surface area contributed by atoms with Gasteiger partial charge in [-0.25, -0.2) is 9.97 Å². The number of thiazole rings is 1. The van der Waals surface area contributed by atoms with Gasteiger partial charge in [0.05, 0.1) is 10.2 Å². The number of nitrogens with zero attached hydrogens (tertiary/aromatic N) is 2. The number of aromatic nitrogens is 2. The molecule has 3 rings (SSSR count). The van der Waals surface area contributed by atoms with Gasteiger partial charge in [-0.05, 0) is 43.2 Å². The summed E-state index contributed by atoms with van der Waals surface area (Å²) in [5.74, 6) is -0.621. The van der Waals surface area contributed by atoms with Gasteiger partial charge < -0.3 is 5.11 Å². The molecular formula is C15H13N3O2S. The zero-order valence-electron chi connectivity index (χ0n) is 11.5. The van der Waals surface area contributed by atoms with Crippen LogP contribution in [0, 0.1) is 13.8 Å². The van der Waals surface area contributed by atoms with E-state index >= 15 is 0 Å². The highest BCUT2D eigenvalue weighted by Crippen LogP contribution is 2.29. The average Bonchev–Trinajstić information content (AvgIpc) is 2.81. The number of amides is 1. The summed E-state index contributed by atoms with van der Waals surface area (Å²) >= 11 is 1.40. The van der Waals surface area contributed by atoms with Crippen molar-refractivity contribution in [2.75, 3.05) is 5.32 Å². The molecule has 106 valence electrons. The van der Waals surface area contributed by atoms with E-state index in [-0.39, 0.29) is 11.4 Å². The SMILES string of the molecule is Cc1cc(C)c2nc(NC(=O)c3ncccc3O)sc2c1. The van der Waals surface area contributed by atoms with Gasteiger partial charge in [0.25, 0.3) is 5.91 Å². The van der Waals surface area contributed by atoms with Crippen LogP contribution in [0.2, 0.25) is 0 Å². The molecule has 5 nitrogen and oxygen atoms in total. The van der Waals surface area contributed by atoms with Crippen molar-refractivity contribution in [1.82, 2.24) is 9.97 Å². The number of carbonyl (C=O) groups is 1. The number of anilines is 1. The number of pyridine rings is 1. The summed E-state index contributed by atoms with van der Waals surface area (Å²) in [6.45, 7) is 4.02. The molecule has 2 aromatic heterocycles. The lowest BCUT2D eigenvalue weighted by Gasteiger charge is -2.02. The number of nitrogens with one attached hydrogen (secondary N) is 1. The van der Waals surface area contributed by atoms with Crippen LogP contribution in [0.15, 0.2) is 30.5 Å².